The molecule has 1 aromatic carbocycles. The number of piperidine rings is 1. The predicted molar refractivity (Wildman–Crippen MR) is 126 cm³/mol. The number of sulfonamides is 1. The number of benzene rings is 1. The van der Waals surface area contributed by atoms with Gasteiger partial charge < -0.3 is 15.4 Å². The highest BCUT2D eigenvalue weighted by Gasteiger charge is 2.35. The van der Waals surface area contributed by atoms with Crippen LogP contribution in [0.2, 0.25) is 0 Å². The first-order valence-electron chi connectivity index (χ1n) is 12.2. The summed E-state index contributed by atoms with van der Waals surface area (Å²) in [6, 6.07) is 3.43. The van der Waals surface area contributed by atoms with Gasteiger partial charge in [0.05, 0.1) is 10.6 Å². The summed E-state index contributed by atoms with van der Waals surface area (Å²) in [5.74, 6) is 0.0827. The van der Waals surface area contributed by atoms with Crippen LogP contribution < -0.4 is 15.4 Å². The van der Waals surface area contributed by atoms with Gasteiger partial charge in [0.15, 0.2) is 6.10 Å². The fourth-order valence-electron chi connectivity index (χ4n) is 5.07. The minimum absolute atomic E-state index is 0.0682. The number of fused-ring (bicyclic) bond motifs is 1. The van der Waals surface area contributed by atoms with E-state index < -0.39 is 16.1 Å². The first-order valence-corrected chi connectivity index (χ1v) is 13.7. The van der Waals surface area contributed by atoms with Gasteiger partial charge in [-0.05, 0) is 50.7 Å². The minimum atomic E-state index is -3.74. The van der Waals surface area contributed by atoms with Gasteiger partial charge in [0.25, 0.3) is 5.91 Å². The summed E-state index contributed by atoms with van der Waals surface area (Å²) in [7, 11) is -3.74. The van der Waals surface area contributed by atoms with E-state index in [1.165, 1.54) is 23.2 Å². The van der Waals surface area contributed by atoms with Crippen LogP contribution in [0, 0.1) is 12.8 Å². The zero-order valence-electron chi connectivity index (χ0n) is 19.6. The van der Waals surface area contributed by atoms with Crippen molar-refractivity contribution in [1.29, 1.82) is 0 Å². The Hall–Kier alpha value is -2.13. The maximum atomic E-state index is 13.4. The van der Waals surface area contributed by atoms with E-state index in [9.17, 15) is 18.0 Å². The van der Waals surface area contributed by atoms with Gasteiger partial charge in [-0.25, -0.2) is 8.42 Å². The number of anilines is 1. The Morgan fingerprint density at radius 2 is 1.79 bits per heavy atom. The Morgan fingerprint density at radius 1 is 1.12 bits per heavy atom. The fraction of sp³-hybridized carbons (Fsp3) is 0.667. The summed E-state index contributed by atoms with van der Waals surface area (Å²) in [5, 5.41) is 6.01. The Morgan fingerprint density at radius 3 is 2.42 bits per heavy atom. The Kier molecular flexibility index (Phi) is 7.28. The summed E-state index contributed by atoms with van der Waals surface area (Å²) in [4.78, 5) is 25.0. The number of nitrogens with zero attached hydrogens (tertiary/aromatic N) is 1. The SMILES string of the molecule is CC[C@H]1Oc2cc(S(=O)(=O)N3CCC(C(=O)NC4CCCCCC4)CC3)c(C)cc2NC1=O. The van der Waals surface area contributed by atoms with Crippen molar-refractivity contribution in [2.24, 2.45) is 5.92 Å². The molecule has 2 amide bonds. The molecule has 1 aromatic rings. The second kappa shape index (κ2) is 10.0. The largest absolute Gasteiger partial charge is 0.478 e. The van der Waals surface area contributed by atoms with Crippen LogP contribution in [0.4, 0.5) is 5.69 Å². The van der Waals surface area contributed by atoms with Gasteiger partial charge in [0.2, 0.25) is 15.9 Å². The average Bonchev–Trinajstić information content (AvgIpc) is 3.07. The normalized spacial score (nSPS) is 23.2. The van der Waals surface area contributed by atoms with Crippen LogP contribution in [0.15, 0.2) is 17.0 Å². The summed E-state index contributed by atoms with van der Waals surface area (Å²) in [6.45, 7) is 4.20. The van der Waals surface area contributed by atoms with E-state index in [0.29, 0.717) is 49.4 Å². The molecule has 9 heteroatoms. The molecule has 0 spiro atoms. The van der Waals surface area contributed by atoms with E-state index in [1.807, 2.05) is 6.92 Å². The second-order valence-corrected chi connectivity index (χ2v) is 11.4. The van der Waals surface area contributed by atoms with Crippen LogP contribution in [0.5, 0.6) is 5.75 Å². The predicted octanol–water partition coefficient (Wildman–Crippen LogP) is 3.34. The summed E-state index contributed by atoms with van der Waals surface area (Å²) in [6.07, 6.45) is 7.79. The molecule has 2 fully saturated rings. The molecule has 1 atom stereocenters. The van der Waals surface area contributed by atoms with E-state index >= 15 is 0 Å². The Bertz CT molecular complexity index is 994. The summed E-state index contributed by atoms with van der Waals surface area (Å²) >= 11 is 0. The number of nitrogens with one attached hydrogen (secondary N) is 2. The van der Waals surface area contributed by atoms with Crippen LogP contribution in [0.3, 0.4) is 0 Å². The van der Waals surface area contributed by atoms with Crippen LogP contribution >= 0.6 is 0 Å². The zero-order chi connectivity index (χ0) is 23.6. The molecule has 0 bridgehead atoms. The standard InChI is InChI=1S/C24H35N3O5S/c1-3-20-24(29)26-19-14-16(2)22(15-21(19)32-20)33(30,31)27-12-10-17(11-13-27)23(28)25-18-8-6-4-5-7-9-18/h14-15,17-18,20H,3-13H2,1-2H3,(H,25,28)(H,26,29)/t20-/m1/s1. The van der Waals surface area contributed by atoms with E-state index in [1.54, 1.807) is 13.0 Å². The van der Waals surface area contributed by atoms with Crippen molar-refractivity contribution in [2.45, 2.75) is 88.7 Å². The maximum Gasteiger partial charge on any atom is 0.265 e. The van der Waals surface area contributed by atoms with Gasteiger partial charge >= 0.3 is 0 Å². The fourth-order valence-corrected chi connectivity index (χ4v) is 6.76. The van der Waals surface area contributed by atoms with E-state index in [0.717, 1.165) is 25.7 Å². The van der Waals surface area contributed by atoms with E-state index in [2.05, 4.69) is 10.6 Å². The quantitative estimate of drug-likeness (QED) is 0.633. The van der Waals surface area contributed by atoms with Crippen molar-refractivity contribution in [3.8, 4) is 5.75 Å². The molecular weight excluding hydrogens is 442 g/mol. The number of hydrogen-bond acceptors (Lipinski definition) is 5. The van der Waals surface area contributed by atoms with Gasteiger partial charge in [-0.1, -0.05) is 32.6 Å². The molecule has 33 heavy (non-hydrogen) atoms. The molecule has 2 N–H and O–H groups in total. The van der Waals surface area contributed by atoms with Gasteiger partial charge in [-0.15, -0.1) is 0 Å². The lowest BCUT2D eigenvalue weighted by atomic mass is 9.96. The van der Waals surface area contributed by atoms with Gasteiger partial charge in [-0.3, -0.25) is 9.59 Å². The average molecular weight is 478 g/mol. The molecule has 2 heterocycles. The molecule has 8 nitrogen and oxygen atoms in total. The van der Waals surface area contributed by atoms with Crippen LogP contribution in [0.1, 0.15) is 70.3 Å². The highest BCUT2D eigenvalue weighted by molar-refractivity contribution is 7.89. The number of carbonyl (C=O) groups excluding carboxylic acids is 2. The zero-order valence-corrected chi connectivity index (χ0v) is 20.4. The molecule has 1 saturated carbocycles. The van der Waals surface area contributed by atoms with Crippen molar-refractivity contribution in [2.75, 3.05) is 18.4 Å². The first-order chi connectivity index (χ1) is 15.8. The number of carbonyl (C=O) groups is 2. The molecule has 182 valence electrons. The maximum absolute atomic E-state index is 13.4. The third-order valence-electron chi connectivity index (χ3n) is 7.11. The van der Waals surface area contributed by atoms with Crippen LogP contribution in [-0.2, 0) is 19.6 Å². The van der Waals surface area contributed by atoms with Crippen LogP contribution in [-0.4, -0.2) is 49.8 Å². The van der Waals surface area contributed by atoms with Crippen molar-refractivity contribution in [1.82, 2.24) is 9.62 Å². The number of ether oxygens (including phenoxy) is 1. The highest BCUT2D eigenvalue weighted by Crippen LogP contribution is 2.36. The highest BCUT2D eigenvalue weighted by atomic mass is 32.2. The number of rotatable bonds is 5. The van der Waals surface area contributed by atoms with Crippen molar-refractivity contribution >= 4 is 27.5 Å². The third kappa shape index (κ3) is 5.19. The molecule has 0 unspecified atom stereocenters. The molecular formula is C24H35N3O5S. The molecule has 2 aliphatic heterocycles. The van der Waals surface area contributed by atoms with Gasteiger partial charge in [0, 0.05) is 31.1 Å². The Balaban J connectivity index is 1.42. The van der Waals surface area contributed by atoms with Crippen molar-refractivity contribution in [3.05, 3.63) is 17.7 Å². The number of aryl methyl sites for hydroxylation is 1. The molecule has 1 aliphatic carbocycles. The lowest BCUT2D eigenvalue weighted by molar-refractivity contribution is -0.127. The summed E-state index contributed by atoms with van der Waals surface area (Å²) < 4.78 is 34.1. The van der Waals surface area contributed by atoms with Crippen molar-refractivity contribution in [3.63, 3.8) is 0 Å². The molecule has 3 aliphatic rings. The second-order valence-electron chi connectivity index (χ2n) is 9.49. The van der Waals surface area contributed by atoms with E-state index in [4.69, 9.17) is 4.74 Å². The molecule has 1 saturated heterocycles. The monoisotopic (exact) mass is 477 g/mol. The lowest BCUT2D eigenvalue weighted by Crippen LogP contribution is -2.45. The van der Waals surface area contributed by atoms with Gasteiger partial charge in [-0.2, -0.15) is 4.31 Å². The topological polar surface area (TPSA) is 105 Å². The molecule has 4 rings (SSSR count). The number of hydrogen-bond donors (Lipinski definition) is 2. The lowest BCUT2D eigenvalue weighted by Gasteiger charge is -2.32. The third-order valence-corrected chi connectivity index (χ3v) is 9.15. The molecule has 0 aromatic heterocycles. The number of amides is 2. The Labute approximate surface area is 196 Å². The smallest absolute Gasteiger partial charge is 0.265 e. The summed E-state index contributed by atoms with van der Waals surface area (Å²) in [5.41, 5.74) is 1.05. The van der Waals surface area contributed by atoms with E-state index in [-0.39, 0.29) is 28.7 Å². The van der Waals surface area contributed by atoms with Crippen molar-refractivity contribution < 1.29 is 22.7 Å². The van der Waals surface area contributed by atoms with Gasteiger partial charge in [0.1, 0.15) is 5.75 Å². The first kappa shape index (κ1) is 24.0. The van der Waals surface area contributed by atoms with Crippen LogP contribution in [0.25, 0.3) is 0 Å². The molecule has 0 radical (unpaired) electrons. The minimum Gasteiger partial charge on any atom is -0.478 e.